The molecule has 1 aromatic heterocycles. The summed E-state index contributed by atoms with van der Waals surface area (Å²) in [6, 6.07) is 3.53. The van der Waals surface area contributed by atoms with Gasteiger partial charge in [0.25, 0.3) is 5.91 Å². The molecule has 0 spiro atoms. The van der Waals surface area contributed by atoms with E-state index in [0.29, 0.717) is 12.2 Å². The molecule has 5 heteroatoms. The highest BCUT2D eigenvalue weighted by molar-refractivity contribution is 5.93. The van der Waals surface area contributed by atoms with Gasteiger partial charge in [-0.1, -0.05) is 6.92 Å². The minimum Gasteiger partial charge on any atom is -0.481 e. The molecule has 1 aromatic rings. The fraction of sp³-hybridized carbons (Fsp3) is 0.600. The molecule has 20 heavy (non-hydrogen) atoms. The van der Waals surface area contributed by atoms with Crippen molar-refractivity contribution in [3.8, 4) is 0 Å². The zero-order valence-electron chi connectivity index (χ0n) is 11.9. The van der Waals surface area contributed by atoms with E-state index < -0.39 is 5.97 Å². The topological polar surface area (TPSA) is 62.5 Å². The van der Waals surface area contributed by atoms with Crippen LogP contribution in [0.1, 0.15) is 49.5 Å². The molecule has 1 amide bonds. The number of carbonyl (C=O) groups is 2. The second-order valence-electron chi connectivity index (χ2n) is 5.33. The Hall–Kier alpha value is -1.78. The lowest BCUT2D eigenvalue weighted by atomic mass is 9.99. The molecule has 1 N–H and O–H groups in total. The molecule has 0 radical (unpaired) electrons. The first-order valence-corrected chi connectivity index (χ1v) is 7.31. The number of aryl methyl sites for hydroxylation is 1. The minimum atomic E-state index is -0.835. The Morgan fingerprint density at radius 3 is 2.90 bits per heavy atom. The van der Waals surface area contributed by atoms with Crippen molar-refractivity contribution in [1.82, 2.24) is 9.47 Å². The van der Waals surface area contributed by atoms with Gasteiger partial charge >= 0.3 is 5.97 Å². The third-order valence-electron chi connectivity index (χ3n) is 3.81. The molecule has 1 fully saturated rings. The predicted octanol–water partition coefficient (Wildman–Crippen LogP) is 2.37. The quantitative estimate of drug-likeness (QED) is 0.899. The number of likely N-dealkylation sites (tertiary alicyclic amines) is 1. The molecule has 1 atom stereocenters. The normalized spacial score (nSPS) is 19.1. The summed E-state index contributed by atoms with van der Waals surface area (Å²) in [7, 11) is 0. The molecule has 1 unspecified atom stereocenters. The van der Waals surface area contributed by atoms with E-state index in [1.165, 1.54) is 0 Å². The fourth-order valence-electron chi connectivity index (χ4n) is 2.87. The highest BCUT2D eigenvalue weighted by Gasteiger charge is 2.30. The summed E-state index contributed by atoms with van der Waals surface area (Å²) in [5.74, 6) is -0.868. The van der Waals surface area contributed by atoms with Crippen LogP contribution in [0.15, 0.2) is 18.3 Å². The zero-order chi connectivity index (χ0) is 14.5. The van der Waals surface area contributed by atoms with Crippen molar-refractivity contribution in [3.63, 3.8) is 0 Å². The number of carboxylic acids is 1. The van der Waals surface area contributed by atoms with Crippen molar-refractivity contribution in [3.05, 3.63) is 24.0 Å². The maximum absolute atomic E-state index is 12.7. The third kappa shape index (κ3) is 3.21. The smallest absolute Gasteiger partial charge is 0.305 e. The number of aliphatic carboxylic acids is 1. The van der Waals surface area contributed by atoms with Gasteiger partial charge in [0.2, 0.25) is 0 Å². The van der Waals surface area contributed by atoms with Crippen LogP contribution in [0.5, 0.6) is 0 Å². The van der Waals surface area contributed by atoms with Crippen LogP contribution in [0.25, 0.3) is 0 Å². The minimum absolute atomic E-state index is 0.0330. The van der Waals surface area contributed by atoms with Crippen molar-refractivity contribution < 1.29 is 14.7 Å². The Kier molecular flexibility index (Phi) is 4.82. The van der Waals surface area contributed by atoms with E-state index in [4.69, 9.17) is 5.11 Å². The van der Waals surface area contributed by atoms with E-state index in [1.807, 2.05) is 22.9 Å². The van der Waals surface area contributed by atoms with Crippen LogP contribution < -0.4 is 0 Å². The third-order valence-corrected chi connectivity index (χ3v) is 3.81. The number of hydrogen-bond acceptors (Lipinski definition) is 2. The molecule has 1 aliphatic rings. The second-order valence-corrected chi connectivity index (χ2v) is 5.33. The number of amides is 1. The highest BCUT2D eigenvalue weighted by atomic mass is 16.4. The van der Waals surface area contributed by atoms with Crippen LogP contribution >= 0.6 is 0 Å². The summed E-state index contributed by atoms with van der Waals surface area (Å²) in [5.41, 5.74) is 0.670. The van der Waals surface area contributed by atoms with Gasteiger partial charge in [0.05, 0.1) is 6.42 Å². The second kappa shape index (κ2) is 6.59. The Morgan fingerprint density at radius 1 is 1.40 bits per heavy atom. The summed E-state index contributed by atoms with van der Waals surface area (Å²) >= 11 is 0. The van der Waals surface area contributed by atoms with Gasteiger partial charge < -0.3 is 14.6 Å². The number of nitrogens with zero attached hydrogens (tertiary/aromatic N) is 2. The molecule has 0 bridgehead atoms. The molecule has 1 saturated heterocycles. The summed E-state index contributed by atoms with van der Waals surface area (Å²) in [4.78, 5) is 25.4. The van der Waals surface area contributed by atoms with Gasteiger partial charge in [-0.15, -0.1) is 0 Å². The van der Waals surface area contributed by atoms with E-state index in [2.05, 4.69) is 6.92 Å². The van der Waals surface area contributed by atoms with Gasteiger partial charge in [-0.2, -0.15) is 0 Å². The molecule has 0 aliphatic carbocycles. The summed E-state index contributed by atoms with van der Waals surface area (Å²) in [6.07, 6.45) is 5.65. The number of piperidine rings is 1. The number of rotatable bonds is 5. The number of carbonyl (C=O) groups excluding carboxylic acids is 1. The molecule has 0 aromatic carbocycles. The van der Waals surface area contributed by atoms with Gasteiger partial charge in [-0.05, 0) is 37.8 Å². The van der Waals surface area contributed by atoms with Crippen molar-refractivity contribution >= 4 is 11.9 Å². The molecule has 110 valence electrons. The Labute approximate surface area is 119 Å². The maximum atomic E-state index is 12.7. The van der Waals surface area contributed by atoms with Gasteiger partial charge in [-0.25, -0.2) is 0 Å². The van der Waals surface area contributed by atoms with Gasteiger partial charge in [-0.3, -0.25) is 9.59 Å². The average Bonchev–Trinajstić information content (AvgIpc) is 2.86. The largest absolute Gasteiger partial charge is 0.481 e. The lowest BCUT2D eigenvalue weighted by Crippen LogP contribution is -2.45. The predicted molar refractivity (Wildman–Crippen MR) is 75.7 cm³/mol. The van der Waals surface area contributed by atoms with Crippen molar-refractivity contribution in [1.29, 1.82) is 0 Å². The number of carboxylic acid groups (broad SMARTS) is 1. The first-order valence-electron chi connectivity index (χ1n) is 7.31. The SMILES string of the molecule is CCCn1cccc1C(=O)N1CCCCC1CC(=O)O. The van der Waals surface area contributed by atoms with E-state index in [-0.39, 0.29) is 18.4 Å². The monoisotopic (exact) mass is 278 g/mol. The van der Waals surface area contributed by atoms with Gasteiger partial charge in [0, 0.05) is 25.3 Å². The molecule has 1 aliphatic heterocycles. The molecular formula is C15H22N2O3. The van der Waals surface area contributed by atoms with Crippen LogP contribution in [0.3, 0.4) is 0 Å². The van der Waals surface area contributed by atoms with Gasteiger partial charge in [0.1, 0.15) is 5.69 Å². The Bertz CT molecular complexity index is 481. The Morgan fingerprint density at radius 2 is 2.20 bits per heavy atom. The van der Waals surface area contributed by atoms with E-state index in [0.717, 1.165) is 32.2 Å². The standard InChI is InChI=1S/C15H22N2O3/c1-2-8-16-9-5-7-13(16)15(20)17-10-4-3-6-12(17)11-14(18)19/h5,7,9,12H,2-4,6,8,10-11H2,1H3,(H,18,19). The molecular weight excluding hydrogens is 256 g/mol. The van der Waals surface area contributed by atoms with Crippen molar-refractivity contribution in [2.45, 2.75) is 51.6 Å². The van der Waals surface area contributed by atoms with Crippen LogP contribution in [0, 0.1) is 0 Å². The van der Waals surface area contributed by atoms with Crippen molar-refractivity contribution in [2.75, 3.05) is 6.54 Å². The molecule has 2 heterocycles. The van der Waals surface area contributed by atoms with Crippen LogP contribution in [0.2, 0.25) is 0 Å². The van der Waals surface area contributed by atoms with Crippen LogP contribution in [-0.4, -0.2) is 39.0 Å². The van der Waals surface area contributed by atoms with Crippen LogP contribution in [0.4, 0.5) is 0 Å². The first-order chi connectivity index (χ1) is 9.63. The average molecular weight is 278 g/mol. The van der Waals surface area contributed by atoms with Crippen LogP contribution in [-0.2, 0) is 11.3 Å². The maximum Gasteiger partial charge on any atom is 0.305 e. The van der Waals surface area contributed by atoms with Gasteiger partial charge in [0.15, 0.2) is 0 Å². The highest BCUT2D eigenvalue weighted by Crippen LogP contribution is 2.22. The molecule has 2 rings (SSSR count). The lowest BCUT2D eigenvalue weighted by molar-refractivity contribution is -0.138. The van der Waals surface area contributed by atoms with E-state index in [1.54, 1.807) is 4.90 Å². The lowest BCUT2D eigenvalue weighted by Gasteiger charge is -2.35. The molecule has 0 saturated carbocycles. The fourth-order valence-corrected chi connectivity index (χ4v) is 2.87. The molecule has 5 nitrogen and oxygen atoms in total. The van der Waals surface area contributed by atoms with Crippen molar-refractivity contribution in [2.24, 2.45) is 0 Å². The van der Waals surface area contributed by atoms with E-state index >= 15 is 0 Å². The summed E-state index contributed by atoms with van der Waals surface area (Å²) < 4.78 is 1.95. The first kappa shape index (κ1) is 14.6. The van der Waals surface area contributed by atoms with E-state index in [9.17, 15) is 9.59 Å². The zero-order valence-corrected chi connectivity index (χ0v) is 11.9. The Balaban J connectivity index is 2.16. The summed E-state index contributed by atoms with van der Waals surface area (Å²) in [6.45, 7) is 3.54. The number of hydrogen-bond donors (Lipinski definition) is 1. The summed E-state index contributed by atoms with van der Waals surface area (Å²) in [5, 5.41) is 8.99. The number of aromatic nitrogens is 1.